The monoisotopic (exact) mass is 258 g/mol. The van der Waals surface area contributed by atoms with Crippen LogP contribution in [-0.2, 0) is 0 Å². The third-order valence-corrected chi connectivity index (χ3v) is 2.43. The number of ether oxygens (including phenoxy) is 1. The van der Waals surface area contributed by atoms with Crippen molar-refractivity contribution in [1.82, 2.24) is 15.3 Å². The second-order valence-corrected chi connectivity index (χ2v) is 4.22. The minimum Gasteiger partial charge on any atom is -0.481 e. The van der Waals surface area contributed by atoms with Gasteiger partial charge in [0, 0.05) is 12.1 Å². The van der Waals surface area contributed by atoms with Crippen molar-refractivity contribution in [3.63, 3.8) is 0 Å². The summed E-state index contributed by atoms with van der Waals surface area (Å²) < 4.78 is 4.97. The number of halogens is 1. The quantitative estimate of drug-likeness (QED) is 0.634. The van der Waals surface area contributed by atoms with Crippen LogP contribution in [0.3, 0.4) is 0 Å². The van der Waals surface area contributed by atoms with Crippen molar-refractivity contribution in [3.8, 4) is 5.88 Å². The van der Waals surface area contributed by atoms with Crippen molar-refractivity contribution in [2.45, 2.75) is 18.9 Å². The molecule has 0 radical (unpaired) electrons. The molecule has 0 bridgehead atoms. The van der Waals surface area contributed by atoms with Crippen molar-refractivity contribution in [2.75, 3.05) is 12.4 Å². The average Bonchev–Trinajstić information content (AvgIpc) is 3.00. The Balaban J connectivity index is 2.01. The van der Waals surface area contributed by atoms with Crippen LogP contribution < -0.4 is 15.4 Å². The van der Waals surface area contributed by atoms with Crippen molar-refractivity contribution < 1.29 is 4.74 Å². The van der Waals surface area contributed by atoms with Crippen LogP contribution in [0.15, 0.2) is 6.07 Å². The third kappa shape index (κ3) is 3.18. The van der Waals surface area contributed by atoms with Gasteiger partial charge in [-0.3, -0.25) is 0 Å². The summed E-state index contributed by atoms with van der Waals surface area (Å²) in [6.45, 7) is 0. The highest BCUT2D eigenvalue weighted by Gasteiger charge is 2.22. The molecular formula is C9H11ClN4OS. The Morgan fingerprint density at radius 1 is 1.56 bits per heavy atom. The molecule has 1 heterocycles. The smallest absolute Gasteiger partial charge is 0.233 e. The van der Waals surface area contributed by atoms with Crippen LogP contribution in [0.1, 0.15) is 12.8 Å². The number of thiocarbonyl (C=S) groups is 1. The van der Waals surface area contributed by atoms with Gasteiger partial charge in [0.15, 0.2) is 5.11 Å². The van der Waals surface area contributed by atoms with Crippen LogP contribution in [0, 0.1) is 0 Å². The first-order valence-corrected chi connectivity index (χ1v) is 5.62. The van der Waals surface area contributed by atoms with Crippen LogP contribution in [-0.4, -0.2) is 28.2 Å². The molecule has 1 aliphatic carbocycles. The average molecular weight is 259 g/mol. The van der Waals surface area contributed by atoms with E-state index in [1.54, 1.807) is 0 Å². The zero-order valence-corrected chi connectivity index (χ0v) is 10.2. The van der Waals surface area contributed by atoms with E-state index in [0.29, 0.717) is 28.1 Å². The molecule has 5 nitrogen and oxygen atoms in total. The molecule has 16 heavy (non-hydrogen) atoms. The Hall–Kier alpha value is -1.14. The Labute approximate surface area is 104 Å². The van der Waals surface area contributed by atoms with Crippen LogP contribution >= 0.6 is 23.8 Å². The van der Waals surface area contributed by atoms with E-state index in [4.69, 9.17) is 28.6 Å². The number of hydrogen-bond donors (Lipinski definition) is 2. The largest absolute Gasteiger partial charge is 0.481 e. The molecule has 86 valence electrons. The molecule has 1 aromatic rings. The first kappa shape index (κ1) is 11.3. The van der Waals surface area contributed by atoms with Crippen LogP contribution in [0.2, 0.25) is 5.15 Å². The Bertz CT molecular complexity index is 410. The van der Waals surface area contributed by atoms with Gasteiger partial charge in [0.1, 0.15) is 5.15 Å². The first-order valence-electron chi connectivity index (χ1n) is 4.83. The predicted octanol–water partition coefficient (Wildman–Crippen LogP) is 1.59. The van der Waals surface area contributed by atoms with E-state index in [1.807, 2.05) is 0 Å². The van der Waals surface area contributed by atoms with Gasteiger partial charge in [-0.2, -0.15) is 4.98 Å². The summed E-state index contributed by atoms with van der Waals surface area (Å²) in [7, 11) is 1.52. The van der Waals surface area contributed by atoms with Crippen molar-refractivity contribution >= 4 is 34.9 Å². The number of aromatic nitrogens is 2. The fourth-order valence-electron chi connectivity index (χ4n) is 1.11. The van der Waals surface area contributed by atoms with Gasteiger partial charge in [0.2, 0.25) is 11.8 Å². The predicted molar refractivity (Wildman–Crippen MR) is 66.0 cm³/mol. The molecule has 1 saturated carbocycles. The van der Waals surface area contributed by atoms with Gasteiger partial charge in [-0.25, -0.2) is 4.98 Å². The maximum atomic E-state index is 5.80. The van der Waals surface area contributed by atoms with Gasteiger partial charge in [-0.1, -0.05) is 11.6 Å². The van der Waals surface area contributed by atoms with Crippen molar-refractivity contribution in [1.29, 1.82) is 0 Å². The molecule has 0 saturated heterocycles. The molecule has 2 rings (SSSR count). The minimum absolute atomic E-state index is 0.309. The Morgan fingerprint density at radius 3 is 2.94 bits per heavy atom. The SMILES string of the molecule is COc1cc(Cl)nc(NC(=S)NC2CC2)n1. The van der Waals surface area contributed by atoms with E-state index >= 15 is 0 Å². The summed E-state index contributed by atoms with van der Waals surface area (Å²) >= 11 is 10.9. The number of hydrogen-bond acceptors (Lipinski definition) is 4. The zero-order valence-electron chi connectivity index (χ0n) is 8.66. The number of methoxy groups -OCH3 is 1. The highest BCUT2D eigenvalue weighted by atomic mass is 35.5. The summed E-state index contributed by atoms with van der Waals surface area (Å²) in [5.41, 5.74) is 0. The summed E-state index contributed by atoms with van der Waals surface area (Å²) in [6, 6.07) is 2.02. The van der Waals surface area contributed by atoms with Crippen LogP contribution in [0.25, 0.3) is 0 Å². The van der Waals surface area contributed by atoms with Gasteiger partial charge in [-0.15, -0.1) is 0 Å². The lowest BCUT2D eigenvalue weighted by molar-refractivity contribution is 0.397. The van der Waals surface area contributed by atoms with E-state index in [2.05, 4.69) is 20.6 Å². The molecule has 2 N–H and O–H groups in total. The molecule has 0 aromatic carbocycles. The second kappa shape index (κ2) is 4.80. The summed E-state index contributed by atoms with van der Waals surface area (Å²) in [5, 5.41) is 6.79. The number of rotatable bonds is 3. The minimum atomic E-state index is 0.309. The topological polar surface area (TPSA) is 59.1 Å². The van der Waals surface area contributed by atoms with Gasteiger partial charge in [0.25, 0.3) is 0 Å². The fourth-order valence-corrected chi connectivity index (χ4v) is 1.54. The normalized spacial score (nSPS) is 14.4. The lowest BCUT2D eigenvalue weighted by atomic mass is 10.6. The molecule has 1 fully saturated rings. The van der Waals surface area contributed by atoms with E-state index < -0.39 is 0 Å². The van der Waals surface area contributed by atoms with Gasteiger partial charge in [0.05, 0.1) is 7.11 Å². The van der Waals surface area contributed by atoms with Gasteiger partial charge >= 0.3 is 0 Å². The van der Waals surface area contributed by atoms with Crippen molar-refractivity contribution in [3.05, 3.63) is 11.2 Å². The summed E-state index contributed by atoms with van der Waals surface area (Å²) in [5.74, 6) is 0.735. The zero-order chi connectivity index (χ0) is 11.5. The Morgan fingerprint density at radius 2 is 2.31 bits per heavy atom. The molecule has 7 heteroatoms. The molecule has 0 atom stereocenters. The maximum Gasteiger partial charge on any atom is 0.233 e. The molecule has 0 amide bonds. The molecular weight excluding hydrogens is 248 g/mol. The van der Waals surface area contributed by atoms with Crippen LogP contribution in [0.5, 0.6) is 5.88 Å². The lowest BCUT2D eigenvalue weighted by Crippen LogP contribution is -2.30. The summed E-state index contributed by atoms with van der Waals surface area (Å²) in [4.78, 5) is 8.05. The second-order valence-electron chi connectivity index (χ2n) is 3.43. The maximum absolute atomic E-state index is 5.80. The van der Waals surface area contributed by atoms with E-state index in [9.17, 15) is 0 Å². The third-order valence-electron chi connectivity index (χ3n) is 2.02. The molecule has 0 spiro atoms. The van der Waals surface area contributed by atoms with Gasteiger partial charge in [-0.05, 0) is 25.1 Å². The highest BCUT2D eigenvalue weighted by Crippen LogP contribution is 2.19. The highest BCUT2D eigenvalue weighted by molar-refractivity contribution is 7.80. The standard InChI is InChI=1S/C9H11ClN4OS/c1-15-7-4-6(10)12-8(13-7)14-9(16)11-5-2-3-5/h4-5H,2-3H2,1H3,(H2,11,12,13,14,16). The van der Waals surface area contributed by atoms with Crippen LogP contribution in [0.4, 0.5) is 5.95 Å². The molecule has 0 unspecified atom stereocenters. The number of nitrogens with zero attached hydrogens (tertiary/aromatic N) is 2. The van der Waals surface area contributed by atoms with Gasteiger partial charge < -0.3 is 15.4 Å². The first-order chi connectivity index (χ1) is 7.67. The molecule has 0 aliphatic heterocycles. The Kier molecular flexibility index (Phi) is 3.40. The lowest BCUT2D eigenvalue weighted by Gasteiger charge is -2.08. The molecule has 1 aliphatic rings. The summed E-state index contributed by atoms with van der Waals surface area (Å²) in [6.07, 6.45) is 2.31. The number of anilines is 1. The molecule has 1 aromatic heterocycles. The number of nitrogens with one attached hydrogen (secondary N) is 2. The van der Waals surface area contributed by atoms with E-state index in [-0.39, 0.29) is 0 Å². The van der Waals surface area contributed by atoms with Crippen molar-refractivity contribution in [2.24, 2.45) is 0 Å². The fraction of sp³-hybridized carbons (Fsp3) is 0.444. The van der Waals surface area contributed by atoms with E-state index in [0.717, 1.165) is 12.8 Å². The van der Waals surface area contributed by atoms with E-state index in [1.165, 1.54) is 13.2 Å².